The van der Waals surface area contributed by atoms with Crippen LogP contribution in [-0.2, 0) is 16.0 Å². The number of hydrogen-bond acceptors (Lipinski definition) is 3. The Morgan fingerprint density at radius 2 is 1.93 bits per heavy atom. The number of aliphatic imine (C=N–C) groups is 1. The van der Waals surface area contributed by atoms with Crippen LogP contribution in [0, 0.1) is 11.7 Å². The van der Waals surface area contributed by atoms with Crippen LogP contribution in [0.1, 0.15) is 31.7 Å². The topological polar surface area (TPSA) is 85.8 Å². The fourth-order valence-electron chi connectivity index (χ4n) is 3.39. The highest BCUT2D eigenvalue weighted by Crippen LogP contribution is 2.20. The van der Waals surface area contributed by atoms with Gasteiger partial charge in [-0.1, -0.05) is 12.1 Å². The summed E-state index contributed by atoms with van der Waals surface area (Å²) in [5.74, 6) is 0.861. The summed E-state index contributed by atoms with van der Waals surface area (Å²) in [6, 6.07) is 6.06. The number of piperidine rings is 1. The molecule has 1 fully saturated rings. The fourth-order valence-corrected chi connectivity index (χ4v) is 3.39. The minimum Gasteiger partial charge on any atom is -0.359 e. The summed E-state index contributed by atoms with van der Waals surface area (Å²) in [5, 5.41) is 8.81. The number of amides is 2. The lowest BCUT2D eigenvalue weighted by atomic mass is 9.93. The largest absolute Gasteiger partial charge is 0.359 e. The van der Waals surface area contributed by atoms with Crippen LogP contribution in [0.5, 0.6) is 0 Å². The second-order valence-corrected chi connectivity index (χ2v) is 7.20. The van der Waals surface area contributed by atoms with Crippen molar-refractivity contribution >= 4 is 41.8 Å². The number of carbonyl (C=O) groups excluding carboxylic acids is 2. The van der Waals surface area contributed by atoms with Crippen molar-refractivity contribution < 1.29 is 14.0 Å². The standard InChI is InChI=1S/C21H32FN5O2.HI/c1-3-24-21(27-11-7-16(8-12-27)14-19(28)23-2)26-10-9-25-20(29)15-17-5-4-6-18(22)13-17;/h4-6,13,16H,3,7-12,14-15H2,1-2H3,(H,23,28)(H,24,26)(H,25,29);1H. The van der Waals surface area contributed by atoms with Gasteiger partial charge in [0, 0.05) is 39.6 Å². The number of halogens is 2. The Labute approximate surface area is 195 Å². The SMILES string of the molecule is CCNC(=NCCNC(=O)Cc1cccc(F)c1)N1CCC(CC(=O)NC)CC1.I. The molecule has 0 saturated carbocycles. The van der Waals surface area contributed by atoms with E-state index in [0.29, 0.717) is 31.0 Å². The highest BCUT2D eigenvalue weighted by molar-refractivity contribution is 14.0. The molecule has 0 spiro atoms. The molecule has 0 radical (unpaired) electrons. The highest BCUT2D eigenvalue weighted by Gasteiger charge is 2.23. The van der Waals surface area contributed by atoms with E-state index in [2.05, 4.69) is 25.8 Å². The highest BCUT2D eigenvalue weighted by atomic mass is 127. The van der Waals surface area contributed by atoms with Gasteiger partial charge in [-0.3, -0.25) is 14.6 Å². The summed E-state index contributed by atoms with van der Waals surface area (Å²) in [7, 11) is 1.67. The predicted molar refractivity (Wildman–Crippen MR) is 127 cm³/mol. The molecule has 1 aromatic rings. The molecule has 3 N–H and O–H groups in total. The van der Waals surface area contributed by atoms with Gasteiger partial charge in [0.25, 0.3) is 0 Å². The van der Waals surface area contributed by atoms with Crippen molar-refractivity contribution in [1.82, 2.24) is 20.9 Å². The Bertz CT molecular complexity index is 708. The monoisotopic (exact) mass is 533 g/mol. The Kier molecular flexibility index (Phi) is 12.3. The molecule has 0 bridgehead atoms. The summed E-state index contributed by atoms with van der Waals surface area (Å²) in [4.78, 5) is 30.4. The number of hydrogen-bond donors (Lipinski definition) is 3. The normalized spacial score (nSPS) is 14.6. The molecule has 1 heterocycles. The summed E-state index contributed by atoms with van der Waals surface area (Å²) < 4.78 is 13.2. The van der Waals surface area contributed by atoms with Crippen LogP contribution in [0.15, 0.2) is 29.3 Å². The van der Waals surface area contributed by atoms with E-state index in [1.807, 2.05) is 6.92 Å². The fraction of sp³-hybridized carbons (Fsp3) is 0.571. The van der Waals surface area contributed by atoms with E-state index in [4.69, 9.17) is 0 Å². The van der Waals surface area contributed by atoms with Crippen LogP contribution in [0.25, 0.3) is 0 Å². The van der Waals surface area contributed by atoms with Gasteiger partial charge in [-0.2, -0.15) is 0 Å². The third-order valence-electron chi connectivity index (χ3n) is 4.95. The molecule has 1 aliphatic rings. The maximum absolute atomic E-state index is 13.2. The lowest BCUT2D eigenvalue weighted by Gasteiger charge is -2.34. The molecule has 9 heteroatoms. The Morgan fingerprint density at radius 3 is 2.57 bits per heavy atom. The second kappa shape index (κ2) is 14.2. The van der Waals surface area contributed by atoms with Gasteiger partial charge in [-0.25, -0.2) is 4.39 Å². The van der Waals surface area contributed by atoms with Gasteiger partial charge >= 0.3 is 0 Å². The maximum atomic E-state index is 13.2. The summed E-state index contributed by atoms with van der Waals surface area (Å²) >= 11 is 0. The molecule has 30 heavy (non-hydrogen) atoms. The van der Waals surface area contributed by atoms with Crippen molar-refractivity contribution in [2.75, 3.05) is 39.8 Å². The molecule has 2 amide bonds. The zero-order chi connectivity index (χ0) is 21.1. The van der Waals surface area contributed by atoms with E-state index in [0.717, 1.165) is 38.4 Å². The van der Waals surface area contributed by atoms with Crippen LogP contribution in [0.2, 0.25) is 0 Å². The summed E-state index contributed by atoms with van der Waals surface area (Å²) in [6.45, 7) is 5.40. The smallest absolute Gasteiger partial charge is 0.224 e. The van der Waals surface area contributed by atoms with Gasteiger partial charge in [-0.15, -0.1) is 24.0 Å². The number of nitrogens with zero attached hydrogens (tertiary/aromatic N) is 2. The van der Waals surface area contributed by atoms with Crippen molar-refractivity contribution in [2.24, 2.45) is 10.9 Å². The average Bonchev–Trinajstić information content (AvgIpc) is 2.71. The van der Waals surface area contributed by atoms with Crippen LogP contribution >= 0.6 is 24.0 Å². The Morgan fingerprint density at radius 1 is 1.20 bits per heavy atom. The first-order valence-electron chi connectivity index (χ1n) is 10.3. The van der Waals surface area contributed by atoms with Crippen LogP contribution in [-0.4, -0.2) is 62.4 Å². The maximum Gasteiger partial charge on any atom is 0.224 e. The van der Waals surface area contributed by atoms with Gasteiger partial charge < -0.3 is 20.9 Å². The lowest BCUT2D eigenvalue weighted by Crippen LogP contribution is -2.46. The van der Waals surface area contributed by atoms with Crippen LogP contribution in [0.4, 0.5) is 4.39 Å². The van der Waals surface area contributed by atoms with Gasteiger partial charge in [0.2, 0.25) is 11.8 Å². The molecule has 0 unspecified atom stereocenters. The molecule has 168 valence electrons. The first-order chi connectivity index (χ1) is 14.0. The molecule has 1 aliphatic heterocycles. The number of nitrogens with one attached hydrogen (secondary N) is 3. The van der Waals surface area contributed by atoms with E-state index >= 15 is 0 Å². The number of rotatable bonds is 8. The number of benzene rings is 1. The molecule has 1 saturated heterocycles. The van der Waals surface area contributed by atoms with E-state index < -0.39 is 0 Å². The van der Waals surface area contributed by atoms with Crippen molar-refractivity contribution in [2.45, 2.75) is 32.6 Å². The Balaban J connectivity index is 0.00000450. The van der Waals surface area contributed by atoms with E-state index in [1.54, 1.807) is 19.2 Å². The predicted octanol–water partition coefficient (Wildman–Crippen LogP) is 1.92. The van der Waals surface area contributed by atoms with Crippen molar-refractivity contribution in [3.05, 3.63) is 35.6 Å². The quantitative estimate of drug-likeness (QED) is 0.206. The zero-order valence-corrected chi connectivity index (χ0v) is 20.1. The van der Waals surface area contributed by atoms with Crippen molar-refractivity contribution in [3.63, 3.8) is 0 Å². The number of carbonyl (C=O) groups is 2. The zero-order valence-electron chi connectivity index (χ0n) is 17.7. The minimum atomic E-state index is -0.339. The first kappa shape index (κ1) is 26.1. The van der Waals surface area contributed by atoms with Crippen LogP contribution in [0.3, 0.4) is 0 Å². The molecule has 0 aromatic heterocycles. The van der Waals surface area contributed by atoms with Gasteiger partial charge in [-0.05, 0) is 43.4 Å². The van der Waals surface area contributed by atoms with Gasteiger partial charge in [0.1, 0.15) is 5.82 Å². The second-order valence-electron chi connectivity index (χ2n) is 7.20. The van der Waals surface area contributed by atoms with Crippen molar-refractivity contribution in [1.29, 1.82) is 0 Å². The molecular formula is C21H33FIN5O2. The summed E-state index contributed by atoms with van der Waals surface area (Å²) in [5.41, 5.74) is 0.652. The van der Waals surface area contributed by atoms with E-state index in [-0.39, 0.29) is 48.0 Å². The average molecular weight is 533 g/mol. The van der Waals surface area contributed by atoms with E-state index in [9.17, 15) is 14.0 Å². The number of guanidine groups is 1. The summed E-state index contributed by atoms with van der Waals surface area (Å²) in [6.07, 6.45) is 2.65. The van der Waals surface area contributed by atoms with Crippen LogP contribution < -0.4 is 16.0 Å². The molecule has 0 atom stereocenters. The molecule has 7 nitrogen and oxygen atoms in total. The van der Waals surface area contributed by atoms with Crippen molar-refractivity contribution in [3.8, 4) is 0 Å². The Hall–Kier alpha value is -1.91. The minimum absolute atomic E-state index is 0. The lowest BCUT2D eigenvalue weighted by molar-refractivity contribution is -0.122. The first-order valence-corrected chi connectivity index (χ1v) is 10.3. The number of likely N-dealkylation sites (tertiary alicyclic amines) is 1. The van der Waals surface area contributed by atoms with E-state index in [1.165, 1.54) is 12.1 Å². The molecular weight excluding hydrogens is 500 g/mol. The van der Waals surface area contributed by atoms with Gasteiger partial charge in [0.05, 0.1) is 13.0 Å². The molecule has 1 aromatic carbocycles. The van der Waals surface area contributed by atoms with Gasteiger partial charge in [0.15, 0.2) is 5.96 Å². The molecule has 0 aliphatic carbocycles. The third kappa shape index (κ3) is 9.27. The molecule has 2 rings (SSSR count). The third-order valence-corrected chi connectivity index (χ3v) is 4.95.